The van der Waals surface area contributed by atoms with E-state index in [2.05, 4.69) is 28.6 Å². The highest BCUT2D eigenvalue weighted by molar-refractivity contribution is 9.08. The molecule has 0 aliphatic carbocycles. The molecule has 13 heavy (non-hydrogen) atoms. The third kappa shape index (κ3) is 1.58. The van der Waals surface area contributed by atoms with Crippen LogP contribution < -0.4 is 0 Å². The first kappa shape index (κ1) is 9.37. The fraction of sp³-hybridized carbons (Fsp3) is 0.111. The number of halogens is 1. The Balaban J connectivity index is 2.75. The zero-order valence-electron chi connectivity index (χ0n) is 6.62. The van der Waals surface area contributed by atoms with Gasteiger partial charge in [-0.25, -0.2) is 0 Å². The summed E-state index contributed by atoms with van der Waals surface area (Å²) in [6, 6.07) is 6.03. The van der Waals surface area contributed by atoms with Crippen molar-refractivity contribution in [2.45, 2.75) is 9.54 Å². The number of benzene rings is 1. The molecule has 1 nitrogen and oxygen atoms in total. The minimum atomic E-state index is 0.297. The molecule has 2 aromatic rings. The van der Waals surface area contributed by atoms with Crippen molar-refractivity contribution in [1.29, 1.82) is 0 Å². The van der Waals surface area contributed by atoms with E-state index >= 15 is 0 Å². The van der Waals surface area contributed by atoms with E-state index in [1.165, 1.54) is 11.3 Å². The van der Waals surface area contributed by atoms with Gasteiger partial charge < -0.3 is 5.11 Å². The molecule has 1 aromatic heterocycles. The van der Waals surface area contributed by atoms with Crippen LogP contribution in [0.15, 0.2) is 22.4 Å². The van der Waals surface area contributed by atoms with E-state index in [-0.39, 0.29) is 0 Å². The Morgan fingerprint density at radius 1 is 1.46 bits per heavy atom. The second-order valence-electron chi connectivity index (χ2n) is 2.72. The Labute approximate surface area is 93.9 Å². The first-order valence-corrected chi connectivity index (χ1v) is 6.10. The second-order valence-corrected chi connectivity index (χ2v) is 5.08. The quantitative estimate of drug-likeness (QED) is 0.599. The topological polar surface area (TPSA) is 20.2 Å². The van der Waals surface area contributed by atoms with Crippen molar-refractivity contribution in [2.75, 3.05) is 0 Å². The summed E-state index contributed by atoms with van der Waals surface area (Å²) in [6.45, 7) is 0. The molecule has 0 atom stereocenters. The van der Waals surface area contributed by atoms with Gasteiger partial charge in [-0.05, 0) is 17.7 Å². The molecule has 0 aliphatic heterocycles. The van der Waals surface area contributed by atoms with Gasteiger partial charge in [-0.3, -0.25) is 0 Å². The highest BCUT2D eigenvalue weighted by Crippen LogP contribution is 2.39. The van der Waals surface area contributed by atoms with E-state index in [0.717, 1.165) is 21.0 Å². The van der Waals surface area contributed by atoms with Crippen LogP contribution >= 0.6 is 39.9 Å². The molecule has 0 bridgehead atoms. The fourth-order valence-electron chi connectivity index (χ4n) is 1.20. The first-order valence-electron chi connectivity index (χ1n) is 3.71. The number of hydrogen-bond donors (Lipinski definition) is 2. The molecular weight excluding hydrogens is 268 g/mol. The number of aromatic hydroxyl groups is 1. The third-order valence-corrected chi connectivity index (χ3v) is 3.96. The molecule has 2 rings (SSSR count). The highest BCUT2D eigenvalue weighted by Gasteiger charge is 2.07. The lowest BCUT2D eigenvalue weighted by molar-refractivity contribution is 0.473. The van der Waals surface area contributed by atoms with Gasteiger partial charge in [0.05, 0.1) is 4.21 Å². The summed E-state index contributed by atoms with van der Waals surface area (Å²) in [7, 11) is 0. The van der Waals surface area contributed by atoms with Crippen molar-refractivity contribution in [1.82, 2.24) is 0 Å². The number of fused-ring (bicyclic) bond motifs is 1. The molecule has 68 valence electrons. The minimum absolute atomic E-state index is 0.297. The number of rotatable bonds is 1. The maximum atomic E-state index is 9.64. The standard InChI is InChI=1S/C9H7BrOS2/c10-4-5-1-2-7-6(3-5)8(11)9(12)13-7/h1-3,11-12H,4H2. The Kier molecular flexibility index (Phi) is 2.53. The van der Waals surface area contributed by atoms with Crippen molar-refractivity contribution in [2.24, 2.45) is 0 Å². The zero-order valence-corrected chi connectivity index (χ0v) is 9.92. The molecule has 0 aliphatic rings. The molecule has 4 heteroatoms. The zero-order chi connectivity index (χ0) is 9.42. The van der Waals surface area contributed by atoms with Crippen LogP contribution in [0.25, 0.3) is 10.1 Å². The van der Waals surface area contributed by atoms with Crippen LogP contribution in [0.1, 0.15) is 5.56 Å². The van der Waals surface area contributed by atoms with Crippen LogP contribution in [0.4, 0.5) is 0 Å². The fourth-order valence-corrected chi connectivity index (χ4v) is 2.78. The van der Waals surface area contributed by atoms with Crippen LogP contribution in [0.3, 0.4) is 0 Å². The van der Waals surface area contributed by atoms with E-state index in [4.69, 9.17) is 0 Å². The summed E-state index contributed by atoms with van der Waals surface area (Å²) in [6.07, 6.45) is 0. The highest BCUT2D eigenvalue weighted by atomic mass is 79.9. The summed E-state index contributed by atoms with van der Waals surface area (Å²) in [5.74, 6) is 0.297. The molecule has 0 saturated carbocycles. The lowest BCUT2D eigenvalue weighted by Gasteiger charge is -1.95. The van der Waals surface area contributed by atoms with Crippen molar-refractivity contribution in [3.05, 3.63) is 23.8 Å². The summed E-state index contributed by atoms with van der Waals surface area (Å²) < 4.78 is 1.76. The molecule has 0 saturated heterocycles. The molecule has 0 amide bonds. The smallest absolute Gasteiger partial charge is 0.147 e. The summed E-state index contributed by atoms with van der Waals surface area (Å²) in [4.78, 5) is 0. The Morgan fingerprint density at radius 3 is 2.92 bits per heavy atom. The molecular formula is C9H7BrOS2. The number of thiophene rings is 1. The van der Waals surface area contributed by atoms with Crippen molar-refractivity contribution >= 4 is 50.0 Å². The van der Waals surface area contributed by atoms with Crippen molar-refractivity contribution in [3.8, 4) is 5.75 Å². The predicted molar refractivity (Wildman–Crippen MR) is 63.4 cm³/mol. The lowest BCUT2D eigenvalue weighted by atomic mass is 10.2. The van der Waals surface area contributed by atoms with Gasteiger partial charge in [0.2, 0.25) is 0 Å². The SMILES string of the molecule is Oc1c(S)sc2ccc(CBr)cc12. The van der Waals surface area contributed by atoms with Gasteiger partial charge >= 0.3 is 0 Å². The van der Waals surface area contributed by atoms with Gasteiger partial charge in [0.15, 0.2) is 0 Å². The van der Waals surface area contributed by atoms with Gasteiger partial charge in [0.25, 0.3) is 0 Å². The maximum absolute atomic E-state index is 9.64. The maximum Gasteiger partial charge on any atom is 0.147 e. The normalized spacial score (nSPS) is 10.9. The summed E-state index contributed by atoms with van der Waals surface area (Å²) >= 11 is 9.05. The van der Waals surface area contributed by atoms with E-state index in [9.17, 15) is 5.11 Å². The average Bonchev–Trinajstić information content (AvgIpc) is 2.43. The molecule has 1 aromatic carbocycles. The Hall–Kier alpha value is -0.190. The Morgan fingerprint density at radius 2 is 2.23 bits per heavy atom. The largest absolute Gasteiger partial charge is 0.505 e. The van der Waals surface area contributed by atoms with Gasteiger partial charge in [0, 0.05) is 15.4 Å². The molecule has 0 fully saturated rings. The Bertz CT molecular complexity index is 450. The molecule has 1 heterocycles. The molecule has 1 N–H and O–H groups in total. The summed E-state index contributed by atoms with van der Waals surface area (Å²) in [5.41, 5.74) is 1.16. The average molecular weight is 275 g/mol. The van der Waals surface area contributed by atoms with Gasteiger partial charge in [-0.15, -0.1) is 24.0 Å². The number of alkyl halides is 1. The van der Waals surface area contributed by atoms with Crippen molar-refractivity contribution in [3.63, 3.8) is 0 Å². The van der Waals surface area contributed by atoms with Crippen LogP contribution in [-0.4, -0.2) is 5.11 Å². The van der Waals surface area contributed by atoms with Gasteiger partial charge in [0.1, 0.15) is 5.75 Å². The molecule has 0 unspecified atom stereocenters. The first-order chi connectivity index (χ1) is 6.22. The van der Waals surface area contributed by atoms with Crippen LogP contribution in [0.5, 0.6) is 5.75 Å². The van der Waals surface area contributed by atoms with Crippen LogP contribution in [0.2, 0.25) is 0 Å². The van der Waals surface area contributed by atoms with E-state index in [1.807, 2.05) is 18.2 Å². The van der Waals surface area contributed by atoms with Crippen molar-refractivity contribution < 1.29 is 5.11 Å². The minimum Gasteiger partial charge on any atom is -0.505 e. The molecule has 0 radical (unpaired) electrons. The molecule has 0 spiro atoms. The van der Waals surface area contributed by atoms with Crippen LogP contribution in [0, 0.1) is 0 Å². The van der Waals surface area contributed by atoms with E-state index in [1.54, 1.807) is 0 Å². The second kappa shape index (κ2) is 3.52. The van der Waals surface area contributed by atoms with Gasteiger partial charge in [-0.2, -0.15) is 0 Å². The number of hydrogen-bond acceptors (Lipinski definition) is 3. The monoisotopic (exact) mass is 274 g/mol. The van der Waals surface area contributed by atoms with E-state index < -0.39 is 0 Å². The van der Waals surface area contributed by atoms with Crippen LogP contribution in [-0.2, 0) is 5.33 Å². The lowest BCUT2D eigenvalue weighted by Crippen LogP contribution is -1.74. The third-order valence-electron chi connectivity index (χ3n) is 1.86. The van der Waals surface area contributed by atoms with Gasteiger partial charge in [-0.1, -0.05) is 22.0 Å². The summed E-state index contributed by atoms with van der Waals surface area (Å²) in [5, 5.41) is 11.3. The predicted octanol–water partition coefficient (Wildman–Crippen LogP) is 3.79. The van der Waals surface area contributed by atoms with E-state index in [0.29, 0.717) is 9.96 Å². The number of thiol groups is 1.